The van der Waals surface area contributed by atoms with Gasteiger partial charge in [-0.25, -0.2) is 8.78 Å². The molecule has 104 valence electrons. The van der Waals surface area contributed by atoms with Crippen LogP contribution in [0, 0.1) is 17.3 Å². The molecule has 1 heterocycles. The van der Waals surface area contributed by atoms with E-state index >= 15 is 0 Å². The molecule has 0 atom stereocenters. The molecule has 4 heteroatoms. The Hall–Kier alpha value is -0.670. The molecule has 0 spiro atoms. The zero-order valence-corrected chi connectivity index (χ0v) is 11.5. The monoisotopic (exact) mass is 259 g/mol. The Balaban J connectivity index is 1.89. The fourth-order valence-electron chi connectivity index (χ4n) is 3.39. The van der Waals surface area contributed by atoms with Crippen LogP contribution < -0.4 is 0 Å². The van der Waals surface area contributed by atoms with E-state index in [1.165, 1.54) is 0 Å². The van der Waals surface area contributed by atoms with Crippen molar-refractivity contribution in [1.29, 1.82) is 0 Å². The van der Waals surface area contributed by atoms with E-state index in [-0.39, 0.29) is 18.7 Å². The van der Waals surface area contributed by atoms with Gasteiger partial charge in [-0.15, -0.1) is 0 Å². The summed E-state index contributed by atoms with van der Waals surface area (Å²) in [6.07, 6.45) is 1.47. The minimum atomic E-state index is -2.62. The third-order valence-electron chi connectivity index (χ3n) is 4.58. The Labute approximate surface area is 108 Å². The molecule has 2 fully saturated rings. The Kier molecular flexibility index (Phi) is 3.41. The highest BCUT2D eigenvalue weighted by atomic mass is 19.3. The first-order valence-corrected chi connectivity index (χ1v) is 6.91. The Morgan fingerprint density at radius 1 is 1.22 bits per heavy atom. The second kappa shape index (κ2) is 4.46. The summed E-state index contributed by atoms with van der Waals surface area (Å²) in [7, 11) is 0. The predicted octanol–water partition coefficient (Wildman–Crippen LogP) is 3.32. The first-order chi connectivity index (χ1) is 8.23. The van der Waals surface area contributed by atoms with Crippen molar-refractivity contribution in [1.82, 2.24) is 4.90 Å². The van der Waals surface area contributed by atoms with Gasteiger partial charge < -0.3 is 4.90 Å². The van der Waals surface area contributed by atoms with Crippen LogP contribution >= 0.6 is 0 Å². The molecule has 18 heavy (non-hydrogen) atoms. The number of hydrogen-bond acceptors (Lipinski definition) is 1. The smallest absolute Gasteiger partial charge is 0.250 e. The lowest BCUT2D eigenvalue weighted by atomic mass is 9.66. The van der Waals surface area contributed by atoms with E-state index in [0.717, 1.165) is 25.9 Å². The normalized spacial score (nSPS) is 27.1. The summed E-state index contributed by atoms with van der Waals surface area (Å²) in [6, 6.07) is 0. The summed E-state index contributed by atoms with van der Waals surface area (Å²) in [4.78, 5) is 14.1. The number of hydrogen-bond donors (Lipinski definition) is 0. The Morgan fingerprint density at radius 3 is 2.11 bits per heavy atom. The van der Waals surface area contributed by atoms with Crippen LogP contribution in [0.5, 0.6) is 0 Å². The minimum absolute atomic E-state index is 0.0596. The summed E-state index contributed by atoms with van der Waals surface area (Å²) < 4.78 is 25.9. The highest BCUT2D eigenvalue weighted by Gasteiger charge is 2.58. The fraction of sp³-hybridized carbons (Fsp3) is 0.929. The number of likely N-dealkylation sites (tertiary alicyclic amines) is 1. The van der Waals surface area contributed by atoms with Crippen molar-refractivity contribution in [3.05, 3.63) is 0 Å². The van der Waals surface area contributed by atoms with E-state index in [4.69, 9.17) is 0 Å². The molecule has 1 saturated carbocycles. The number of amides is 1. The molecule has 0 aromatic carbocycles. The molecule has 1 saturated heterocycles. The average molecular weight is 259 g/mol. The first-order valence-electron chi connectivity index (χ1n) is 6.91. The van der Waals surface area contributed by atoms with Crippen molar-refractivity contribution in [2.45, 2.75) is 52.4 Å². The molecule has 2 aliphatic rings. The van der Waals surface area contributed by atoms with E-state index in [1.807, 2.05) is 0 Å². The van der Waals surface area contributed by atoms with E-state index < -0.39 is 11.3 Å². The number of rotatable bonds is 2. The maximum atomic E-state index is 13.0. The summed E-state index contributed by atoms with van der Waals surface area (Å²) in [6.45, 7) is 7.57. The average Bonchev–Trinajstić information content (AvgIpc) is 2.25. The molecule has 1 aliphatic heterocycles. The van der Waals surface area contributed by atoms with Gasteiger partial charge >= 0.3 is 0 Å². The highest BCUT2D eigenvalue weighted by Crippen LogP contribution is 2.52. The van der Waals surface area contributed by atoms with Crippen molar-refractivity contribution in [3.63, 3.8) is 0 Å². The molecule has 0 radical (unpaired) electrons. The van der Waals surface area contributed by atoms with E-state index in [2.05, 4.69) is 13.8 Å². The van der Waals surface area contributed by atoms with Crippen molar-refractivity contribution in [3.8, 4) is 0 Å². The molecule has 0 bridgehead atoms. The molecular weight excluding hydrogens is 236 g/mol. The van der Waals surface area contributed by atoms with Crippen molar-refractivity contribution >= 4 is 5.91 Å². The van der Waals surface area contributed by atoms with Crippen molar-refractivity contribution < 1.29 is 13.6 Å². The van der Waals surface area contributed by atoms with Gasteiger partial charge in [0, 0.05) is 25.9 Å². The fourth-order valence-corrected chi connectivity index (χ4v) is 3.39. The number of halogens is 2. The molecule has 0 aromatic rings. The SMILES string of the molecule is CC(C)C1CCN(C(=O)C2(C)CC(F)(F)C2)CC1. The zero-order chi connectivity index (χ0) is 13.6. The topological polar surface area (TPSA) is 20.3 Å². The molecule has 2 rings (SSSR count). The van der Waals surface area contributed by atoms with Crippen molar-refractivity contribution in [2.75, 3.05) is 13.1 Å². The van der Waals surface area contributed by atoms with Gasteiger partial charge in [-0.2, -0.15) is 0 Å². The summed E-state index contributed by atoms with van der Waals surface area (Å²) in [5.41, 5.74) is -0.811. The van der Waals surface area contributed by atoms with E-state index in [0.29, 0.717) is 11.8 Å². The first kappa shape index (κ1) is 13.8. The largest absolute Gasteiger partial charge is 0.342 e. The second-order valence-electron chi connectivity index (χ2n) is 6.64. The van der Waals surface area contributed by atoms with Gasteiger partial charge in [-0.1, -0.05) is 20.8 Å². The van der Waals surface area contributed by atoms with Crippen LogP contribution in [0.4, 0.5) is 8.78 Å². The van der Waals surface area contributed by atoms with Crippen LogP contribution in [-0.4, -0.2) is 29.8 Å². The molecule has 0 unspecified atom stereocenters. The second-order valence-corrected chi connectivity index (χ2v) is 6.64. The quantitative estimate of drug-likeness (QED) is 0.745. The summed E-state index contributed by atoms with van der Waals surface area (Å²) in [5.74, 6) is -1.37. The lowest BCUT2D eigenvalue weighted by Crippen LogP contribution is -2.55. The predicted molar refractivity (Wildman–Crippen MR) is 66.4 cm³/mol. The number of carbonyl (C=O) groups is 1. The van der Waals surface area contributed by atoms with Crippen molar-refractivity contribution in [2.24, 2.45) is 17.3 Å². The van der Waals surface area contributed by atoms with Crippen LogP contribution in [0.2, 0.25) is 0 Å². The Morgan fingerprint density at radius 2 is 1.72 bits per heavy atom. The Bertz CT molecular complexity index is 325. The number of piperidine rings is 1. The summed E-state index contributed by atoms with van der Waals surface area (Å²) in [5, 5.41) is 0. The molecule has 0 aromatic heterocycles. The molecule has 1 aliphatic carbocycles. The van der Waals surface area contributed by atoms with Crippen LogP contribution in [0.1, 0.15) is 46.5 Å². The minimum Gasteiger partial charge on any atom is -0.342 e. The molecular formula is C14H23F2NO. The number of nitrogens with zero attached hydrogens (tertiary/aromatic N) is 1. The van der Waals surface area contributed by atoms with E-state index in [9.17, 15) is 13.6 Å². The molecule has 1 amide bonds. The molecule has 0 N–H and O–H groups in total. The summed E-state index contributed by atoms with van der Waals surface area (Å²) >= 11 is 0. The standard InChI is InChI=1S/C14H23F2NO/c1-10(2)11-4-6-17(7-5-11)12(18)13(3)8-14(15,16)9-13/h10-11H,4-9H2,1-3H3. The number of alkyl halides is 2. The van der Waals surface area contributed by atoms with Gasteiger partial charge in [0.15, 0.2) is 0 Å². The van der Waals surface area contributed by atoms with Crippen LogP contribution in [0.15, 0.2) is 0 Å². The third-order valence-corrected chi connectivity index (χ3v) is 4.58. The lowest BCUT2D eigenvalue weighted by Gasteiger charge is -2.47. The van der Waals surface area contributed by atoms with Gasteiger partial charge in [0.2, 0.25) is 11.8 Å². The lowest BCUT2D eigenvalue weighted by molar-refractivity contribution is -0.184. The van der Waals surface area contributed by atoms with Gasteiger partial charge in [-0.05, 0) is 24.7 Å². The molecule has 2 nitrogen and oxygen atoms in total. The maximum Gasteiger partial charge on any atom is 0.250 e. The van der Waals surface area contributed by atoms with Gasteiger partial charge in [0.05, 0.1) is 5.41 Å². The third kappa shape index (κ3) is 2.52. The maximum absolute atomic E-state index is 13.0. The van der Waals surface area contributed by atoms with Gasteiger partial charge in [0.25, 0.3) is 0 Å². The van der Waals surface area contributed by atoms with Crippen LogP contribution in [-0.2, 0) is 4.79 Å². The van der Waals surface area contributed by atoms with Crippen LogP contribution in [0.3, 0.4) is 0 Å². The zero-order valence-electron chi connectivity index (χ0n) is 11.5. The van der Waals surface area contributed by atoms with Crippen LogP contribution in [0.25, 0.3) is 0 Å². The number of carbonyl (C=O) groups excluding carboxylic acids is 1. The van der Waals surface area contributed by atoms with Gasteiger partial charge in [0.1, 0.15) is 0 Å². The van der Waals surface area contributed by atoms with E-state index in [1.54, 1.807) is 11.8 Å². The highest BCUT2D eigenvalue weighted by molar-refractivity contribution is 5.83. The van der Waals surface area contributed by atoms with Gasteiger partial charge in [-0.3, -0.25) is 4.79 Å².